The fraction of sp³-hybridized carbons (Fsp3) is 0.118. The summed E-state index contributed by atoms with van der Waals surface area (Å²) in [5.41, 5.74) is 2.87. The molecule has 0 aliphatic carbocycles. The van der Waals surface area contributed by atoms with Gasteiger partial charge in [0, 0.05) is 17.3 Å². The van der Waals surface area contributed by atoms with Crippen molar-refractivity contribution in [3.8, 4) is 6.07 Å². The van der Waals surface area contributed by atoms with E-state index < -0.39 is 5.82 Å². The van der Waals surface area contributed by atoms with Crippen molar-refractivity contribution >= 4 is 10.9 Å². The molecule has 0 N–H and O–H groups in total. The Bertz CT molecular complexity index is 825. The Morgan fingerprint density at radius 3 is 2.85 bits per heavy atom. The molecule has 2 aromatic carbocycles. The second-order valence-electron chi connectivity index (χ2n) is 4.90. The van der Waals surface area contributed by atoms with Gasteiger partial charge < -0.3 is 4.57 Å². The maximum Gasteiger partial charge on any atom is 0.145 e. The smallest absolute Gasteiger partial charge is 0.145 e. The van der Waals surface area contributed by atoms with Crippen LogP contribution in [0.3, 0.4) is 0 Å². The summed E-state index contributed by atoms with van der Waals surface area (Å²) in [6.45, 7) is 2.46. The summed E-state index contributed by atoms with van der Waals surface area (Å²) in [6.07, 6.45) is 1.95. The minimum Gasteiger partial charge on any atom is -0.343 e. The SMILES string of the molecule is Cc1ccc2ccn(Cc3cccc(C#N)c3F)c2c1. The van der Waals surface area contributed by atoms with Crippen LogP contribution in [0.25, 0.3) is 10.9 Å². The highest BCUT2D eigenvalue weighted by atomic mass is 19.1. The van der Waals surface area contributed by atoms with Crippen molar-refractivity contribution in [1.29, 1.82) is 5.26 Å². The number of halogens is 1. The average molecular weight is 264 g/mol. The summed E-state index contributed by atoms with van der Waals surface area (Å²) >= 11 is 0. The van der Waals surface area contributed by atoms with Gasteiger partial charge in [-0.2, -0.15) is 5.26 Å². The summed E-state index contributed by atoms with van der Waals surface area (Å²) in [7, 11) is 0. The minimum atomic E-state index is -0.426. The zero-order chi connectivity index (χ0) is 14.1. The molecule has 0 saturated heterocycles. The first-order valence-electron chi connectivity index (χ1n) is 6.42. The molecule has 0 saturated carbocycles. The normalized spacial score (nSPS) is 10.7. The molecule has 20 heavy (non-hydrogen) atoms. The second kappa shape index (κ2) is 4.82. The third-order valence-electron chi connectivity index (χ3n) is 3.47. The van der Waals surface area contributed by atoms with Crippen molar-refractivity contribution in [1.82, 2.24) is 4.57 Å². The van der Waals surface area contributed by atoms with Gasteiger partial charge in [-0.3, -0.25) is 0 Å². The first kappa shape index (κ1) is 12.4. The van der Waals surface area contributed by atoms with Crippen LogP contribution >= 0.6 is 0 Å². The van der Waals surface area contributed by atoms with Gasteiger partial charge in [0.1, 0.15) is 11.9 Å². The Morgan fingerprint density at radius 1 is 1.20 bits per heavy atom. The van der Waals surface area contributed by atoms with Crippen LogP contribution in [0.1, 0.15) is 16.7 Å². The third-order valence-corrected chi connectivity index (χ3v) is 3.47. The third kappa shape index (κ3) is 2.06. The lowest BCUT2D eigenvalue weighted by Gasteiger charge is -2.08. The number of benzene rings is 2. The predicted molar refractivity (Wildman–Crippen MR) is 76.9 cm³/mol. The molecular weight excluding hydrogens is 251 g/mol. The van der Waals surface area contributed by atoms with Crippen LogP contribution in [-0.2, 0) is 6.54 Å². The van der Waals surface area contributed by atoms with Crippen molar-refractivity contribution in [3.05, 3.63) is 71.2 Å². The summed E-state index contributed by atoms with van der Waals surface area (Å²) in [4.78, 5) is 0. The van der Waals surface area contributed by atoms with Gasteiger partial charge in [-0.05, 0) is 36.1 Å². The Hall–Kier alpha value is -2.60. The Balaban J connectivity index is 2.06. The quantitative estimate of drug-likeness (QED) is 0.687. The Morgan fingerprint density at radius 2 is 2.05 bits per heavy atom. The molecule has 0 fully saturated rings. The first-order valence-corrected chi connectivity index (χ1v) is 6.42. The van der Waals surface area contributed by atoms with E-state index in [1.807, 2.05) is 29.8 Å². The lowest BCUT2D eigenvalue weighted by molar-refractivity contribution is 0.598. The second-order valence-corrected chi connectivity index (χ2v) is 4.90. The standard InChI is InChI=1S/C17H13FN2/c1-12-5-6-13-7-8-20(16(13)9-12)11-15-4-2-3-14(10-19)17(15)18/h2-9H,11H2,1H3. The summed E-state index contributed by atoms with van der Waals surface area (Å²) < 4.78 is 16.1. The Labute approximate surface area is 116 Å². The van der Waals surface area contributed by atoms with E-state index in [9.17, 15) is 4.39 Å². The topological polar surface area (TPSA) is 28.7 Å². The van der Waals surface area contributed by atoms with Gasteiger partial charge in [0.15, 0.2) is 0 Å². The molecule has 0 bridgehead atoms. The van der Waals surface area contributed by atoms with Crippen LogP contribution in [0.2, 0.25) is 0 Å². The molecule has 2 nitrogen and oxygen atoms in total. The van der Waals surface area contributed by atoms with E-state index in [1.54, 1.807) is 12.1 Å². The Kier molecular flexibility index (Phi) is 3.00. The first-order chi connectivity index (χ1) is 9.69. The van der Waals surface area contributed by atoms with Crippen LogP contribution in [0.15, 0.2) is 48.7 Å². The van der Waals surface area contributed by atoms with E-state index in [1.165, 1.54) is 11.6 Å². The number of aromatic nitrogens is 1. The summed E-state index contributed by atoms with van der Waals surface area (Å²) in [5.74, 6) is -0.426. The molecule has 3 aromatic rings. The van der Waals surface area contributed by atoms with E-state index in [0.29, 0.717) is 12.1 Å². The molecule has 1 heterocycles. The van der Waals surface area contributed by atoms with Crippen molar-refractivity contribution < 1.29 is 4.39 Å². The molecule has 3 heteroatoms. The molecule has 0 radical (unpaired) electrons. The van der Waals surface area contributed by atoms with Crippen molar-refractivity contribution in [3.63, 3.8) is 0 Å². The molecule has 0 atom stereocenters. The highest BCUT2D eigenvalue weighted by molar-refractivity contribution is 5.80. The van der Waals surface area contributed by atoms with Crippen LogP contribution < -0.4 is 0 Å². The van der Waals surface area contributed by atoms with Gasteiger partial charge in [-0.15, -0.1) is 0 Å². The van der Waals surface area contributed by atoms with Crippen LogP contribution in [0, 0.1) is 24.1 Å². The van der Waals surface area contributed by atoms with Crippen molar-refractivity contribution in [2.24, 2.45) is 0 Å². The molecular formula is C17H13FN2. The zero-order valence-electron chi connectivity index (χ0n) is 11.1. The number of fused-ring (bicyclic) bond motifs is 1. The fourth-order valence-electron chi connectivity index (χ4n) is 2.40. The zero-order valence-corrected chi connectivity index (χ0v) is 11.1. The van der Waals surface area contributed by atoms with Gasteiger partial charge >= 0.3 is 0 Å². The van der Waals surface area contributed by atoms with E-state index in [0.717, 1.165) is 10.9 Å². The van der Waals surface area contributed by atoms with Crippen molar-refractivity contribution in [2.45, 2.75) is 13.5 Å². The average Bonchev–Trinajstić information content (AvgIpc) is 2.83. The molecule has 0 unspecified atom stereocenters. The van der Waals surface area contributed by atoms with E-state index in [2.05, 4.69) is 18.2 Å². The number of nitrogens with zero attached hydrogens (tertiary/aromatic N) is 2. The molecule has 0 aliphatic heterocycles. The maximum atomic E-state index is 14.1. The molecule has 3 rings (SSSR count). The molecule has 1 aromatic heterocycles. The highest BCUT2D eigenvalue weighted by Crippen LogP contribution is 2.20. The molecule has 0 spiro atoms. The number of aryl methyl sites for hydroxylation is 1. The van der Waals surface area contributed by atoms with Gasteiger partial charge in [0.2, 0.25) is 0 Å². The van der Waals surface area contributed by atoms with E-state index in [4.69, 9.17) is 5.26 Å². The predicted octanol–water partition coefficient (Wildman–Crippen LogP) is 4.01. The number of nitriles is 1. The lowest BCUT2D eigenvalue weighted by Crippen LogP contribution is -2.02. The fourth-order valence-corrected chi connectivity index (χ4v) is 2.40. The van der Waals surface area contributed by atoms with Crippen molar-refractivity contribution in [2.75, 3.05) is 0 Å². The van der Waals surface area contributed by atoms with Crippen LogP contribution in [0.5, 0.6) is 0 Å². The van der Waals surface area contributed by atoms with Gasteiger partial charge in [0.25, 0.3) is 0 Å². The van der Waals surface area contributed by atoms with Gasteiger partial charge in [-0.1, -0.05) is 24.3 Å². The van der Waals surface area contributed by atoms with E-state index in [-0.39, 0.29) is 5.56 Å². The molecule has 98 valence electrons. The summed E-state index contributed by atoms with van der Waals surface area (Å²) in [5, 5.41) is 10.0. The molecule has 0 amide bonds. The van der Waals surface area contributed by atoms with Crippen LogP contribution in [-0.4, -0.2) is 4.57 Å². The number of hydrogen-bond donors (Lipinski definition) is 0. The lowest BCUT2D eigenvalue weighted by atomic mass is 10.1. The molecule has 0 aliphatic rings. The highest BCUT2D eigenvalue weighted by Gasteiger charge is 2.09. The largest absolute Gasteiger partial charge is 0.343 e. The van der Waals surface area contributed by atoms with Crippen LogP contribution in [0.4, 0.5) is 4.39 Å². The monoisotopic (exact) mass is 264 g/mol. The van der Waals surface area contributed by atoms with Gasteiger partial charge in [0.05, 0.1) is 12.1 Å². The van der Waals surface area contributed by atoms with E-state index >= 15 is 0 Å². The number of rotatable bonds is 2. The maximum absolute atomic E-state index is 14.1. The number of hydrogen-bond acceptors (Lipinski definition) is 1. The minimum absolute atomic E-state index is 0.0927. The van der Waals surface area contributed by atoms with Gasteiger partial charge in [-0.25, -0.2) is 4.39 Å². The summed E-state index contributed by atoms with van der Waals surface area (Å²) in [6, 6.07) is 15.0.